The highest BCUT2D eigenvalue weighted by atomic mass is 16.5. The van der Waals surface area contributed by atoms with E-state index in [1.54, 1.807) is 0 Å². The number of unbranched alkanes of at least 4 members (excludes halogenated alkanes) is 5. The molecule has 1 atom stereocenters. The number of rotatable bonds is 8. The van der Waals surface area contributed by atoms with Crippen LogP contribution in [-0.2, 0) is 4.74 Å². The smallest absolute Gasteiger partial charge is 0.0645 e. The molecule has 0 saturated carbocycles. The molecule has 1 N–H and O–H groups in total. The van der Waals surface area contributed by atoms with Crippen molar-refractivity contribution in [1.29, 1.82) is 0 Å². The maximum atomic E-state index is 5.53. The van der Waals surface area contributed by atoms with Crippen LogP contribution in [0.2, 0.25) is 0 Å². The summed E-state index contributed by atoms with van der Waals surface area (Å²) in [6.07, 6.45) is 10.7. The molecule has 96 valence electrons. The minimum Gasteiger partial charge on any atom is -0.380 e. The van der Waals surface area contributed by atoms with Gasteiger partial charge in [0.25, 0.3) is 0 Å². The molecule has 0 aromatic carbocycles. The van der Waals surface area contributed by atoms with Crippen molar-refractivity contribution in [3.05, 3.63) is 0 Å². The Kier molecular flexibility index (Phi) is 7.06. The van der Waals surface area contributed by atoms with Crippen LogP contribution in [0.15, 0.2) is 0 Å². The summed E-state index contributed by atoms with van der Waals surface area (Å²) in [5, 5.41) is 3.66. The monoisotopic (exact) mass is 227 g/mol. The third kappa shape index (κ3) is 5.86. The van der Waals surface area contributed by atoms with Crippen LogP contribution in [0, 0.1) is 0 Å². The minimum atomic E-state index is 0.252. The highest BCUT2D eigenvalue weighted by Gasteiger charge is 2.26. The molecule has 16 heavy (non-hydrogen) atoms. The molecule has 2 heteroatoms. The Labute approximate surface area is 101 Å². The van der Waals surface area contributed by atoms with Crippen LogP contribution in [-0.4, -0.2) is 25.3 Å². The van der Waals surface area contributed by atoms with Gasteiger partial charge in [-0.1, -0.05) is 39.0 Å². The molecule has 0 amide bonds. The summed E-state index contributed by atoms with van der Waals surface area (Å²) in [6, 6.07) is 0. The maximum Gasteiger partial charge on any atom is 0.0645 e. The molecule has 1 aliphatic rings. The van der Waals surface area contributed by atoms with Gasteiger partial charge in [0.1, 0.15) is 0 Å². The fourth-order valence-electron chi connectivity index (χ4n) is 2.37. The predicted molar refractivity (Wildman–Crippen MR) is 69.8 cm³/mol. The lowest BCUT2D eigenvalue weighted by molar-refractivity contribution is 0.0286. The predicted octanol–water partition coefficient (Wildman–Crippen LogP) is 3.51. The number of ether oxygens (including phenoxy) is 1. The van der Waals surface area contributed by atoms with Crippen LogP contribution in [0.25, 0.3) is 0 Å². The Morgan fingerprint density at radius 3 is 2.56 bits per heavy atom. The van der Waals surface area contributed by atoms with E-state index in [1.807, 2.05) is 0 Å². The van der Waals surface area contributed by atoms with E-state index < -0.39 is 0 Å². The molecule has 0 aromatic heterocycles. The molecule has 2 nitrogen and oxygen atoms in total. The van der Waals surface area contributed by atoms with E-state index >= 15 is 0 Å². The topological polar surface area (TPSA) is 21.3 Å². The van der Waals surface area contributed by atoms with Crippen molar-refractivity contribution in [3.8, 4) is 0 Å². The van der Waals surface area contributed by atoms with E-state index in [9.17, 15) is 0 Å². The normalized spacial score (nSPS) is 25.9. The lowest BCUT2D eigenvalue weighted by Gasteiger charge is -2.34. The van der Waals surface area contributed by atoms with Gasteiger partial charge in [-0.3, -0.25) is 0 Å². The summed E-state index contributed by atoms with van der Waals surface area (Å²) in [5.74, 6) is 0. The van der Waals surface area contributed by atoms with Crippen molar-refractivity contribution in [3.63, 3.8) is 0 Å². The van der Waals surface area contributed by atoms with Crippen molar-refractivity contribution in [1.82, 2.24) is 5.32 Å². The molecule has 1 fully saturated rings. The van der Waals surface area contributed by atoms with Crippen LogP contribution in [0.5, 0.6) is 0 Å². The fourth-order valence-corrected chi connectivity index (χ4v) is 2.37. The molecule has 0 bridgehead atoms. The minimum absolute atomic E-state index is 0.252. The molecular formula is C14H29NO. The summed E-state index contributed by atoms with van der Waals surface area (Å²) in [5.41, 5.74) is 0.252. The van der Waals surface area contributed by atoms with Gasteiger partial charge in [0, 0.05) is 12.1 Å². The second-order valence-electron chi connectivity index (χ2n) is 5.41. The molecular weight excluding hydrogens is 198 g/mol. The molecule has 0 radical (unpaired) electrons. The summed E-state index contributed by atoms with van der Waals surface area (Å²) < 4.78 is 5.53. The van der Waals surface area contributed by atoms with Gasteiger partial charge in [0.15, 0.2) is 0 Å². The largest absolute Gasteiger partial charge is 0.380 e. The van der Waals surface area contributed by atoms with E-state index in [0.717, 1.165) is 19.8 Å². The van der Waals surface area contributed by atoms with Crippen molar-refractivity contribution >= 4 is 0 Å². The summed E-state index contributed by atoms with van der Waals surface area (Å²) >= 11 is 0. The van der Waals surface area contributed by atoms with Gasteiger partial charge in [0.05, 0.1) is 6.61 Å². The summed E-state index contributed by atoms with van der Waals surface area (Å²) in [6.45, 7) is 7.57. The second-order valence-corrected chi connectivity index (χ2v) is 5.41. The first kappa shape index (κ1) is 14.0. The molecule has 1 rings (SSSR count). The number of hydrogen-bond acceptors (Lipinski definition) is 2. The SMILES string of the molecule is CCCCCCCCNC1(C)CCCOC1. The lowest BCUT2D eigenvalue weighted by Crippen LogP contribution is -2.49. The van der Waals surface area contributed by atoms with Crippen LogP contribution in [0.1, 0.15) is 65.2 Å². The van der Waals surface area contributed by atoms with Gasteiger partial charge >= 0.3 is 0 Å². The summed E-state index contributed by atoms with van der Waals surface area (Å²) in [4.78, 5) is 0. The zero-order valence-corrected chi connectivity index (χ0v) is 11.2. The van der Waals surface area contributed by atoms with E-state index in [4.69, 9.17) is 4.74 Å². The number of nitrogens with one attached hydrogen (secondary N) is 1. The standard InChI is InChI=1S/C14H29NO/c1-3-4-5-6-7-8-11-15-14(2)10-9-12-16-13-14/h15H,3-13H2,1-2H3. The first-order chi connectivity index (χ1) is 7.77. The molecule has 1 heterocycles. The van der Waals surface area contributed by atoms with Crippen LogP contribution < -0.4 is 5.32 Å². The van der Waals surface area contributed by atoms with Crippen LogP contribution in [0.4, 0.5) is 0 Å². The van der Waals surface area contributed by atoms with Crippen LogP contribution in [0.3, 0.4) is 0 Å². The van der Waals surface area contributed by atoms with Gasteiger partial charge < -0.3 is 10.1 Å². The lowest BCUT2D eigenvalue weighted by atomic mass is 9.95. The van der Waals surface area contributed by atoms with E-state index in [-0.39, 0.29) is 5.54 Å². The highest BCUT2D eigenvalue weighted by Crippen LogP contribution is 2.18. The Balaban J connectivity index is 1.93. The van der Waals surface area contributed by atoms with Crippen molar-refractivity contribution < 1.29 is 4.74 Å². The second kappa shape index (κ2) is 8.08. The zero-order chi connectivity index (χ0) is 11.7. The Morgan fingerprint density at radius 1 is 1.12 bits per heavy atom. The van der Waals surface area contributed by atoms with Gasteiger partial charge in [-0.05, 0) is 32.7 Å². The third-order valence-corrected chi connectivity index (χ3v) is 3.52. The summed E-state index contributed by atoms with van der Waals surface area (Å²) in [7, 11) is 0. The maximum absolute atomic E-state index is 5.53. The van der Waals surface area contributed by atoms with Gasteiger partial charge in [-0.25, -0.2) is 0 Å². The molecule has 0 aliphatic carbocycles. The van der Waals surface area contributed by atoms with E-state index in [1.165, 1.54) is 51.4 Å². The average Bonchev–Trinajstić information content (AvgIpc) is 2.29. The molecule has 1 aliphatic heterocycles. The first-order valence-electron chi connectivity index (χ1n) is 7.10. The van der Waals surface area contributed by atoms with Crippen LogP contribution >= 0.6 is 0 Å². The van der Waals surface area contributed by atoms with E-state index in [0.29, 0.717) is 0 Å². The van der Waals surface area contributed by atoms with Gasteiger partial charge in [-0.2, -0.15) is 0 Å². The fraction of sp³-hybridized carbons (Fsp3) is 1.00. The quantitative estimate of drug-likeness (QED) is 0.641. The van der Waals surface area contributed by atoms with E-state index in [2.05, 4.69) is 19.2 Å². The molecule has 1 saturated heterocycles. The Bertz CT molecular complexity index is 164. The molecule has 1 unspecified atom stereocenters. The van der Waals surface area contributed by atoms with Crippen molar-refractivity contribution in [2.24, 2.45) is 0 Å². The Hall–Kier alpha value is -0.0800. The number of hydrogen-bond donors (Lipinski definition) is 1. The van der Waals surface area contributed by atoms with Gasteiger partial charge in [0.2, 0.25) is 0 Å². The highest BCUT2D eigenvalue weighted by molar-refractivity contribution is 4.85. The zero-order valence-electron chi connectivity index (χ0n) is 11.2. The Morgan fingerprint density at radius 2 is 1.88 bits per heavy atom. The van der Waals surface area contributed by atoms with Gasteiger partial charge in [-0.15, -0.1) is 0 Å². The third-order valence-electron chi connectivity index (χ3n) is 3.52. The molecule has 0 spiro atoms. The van der Waals surface area contributed by atoms with Crippen molar-refractivity contribution in [2.75, 3.05) is 19.8 Å². The molecule has 0 aromatic rings. The van der Waals surface area contributed by atoms with Crippen molar-refractivity contribution in [2.45, 2.75) is 70.8 Å². The first-order valence-corrected chi connectivity index (χ1v) is 7.10. The average molecular weight is 227 g/mol.